The first-order valence-corrected chi connectivity index (χ1v) is 7.70. The van der Waals surface area contributed by atoms with Crippen LogP contribution in [0.25, 0.3) is 0 Å². The van der Waals surface area contributed by atoms with Crippen molar-refractivity contribution in [2.24, 2.45) is 0 Å². The zero-order valence-electron chi connectivity index (χ0n) is 10.7. The molecule has 0 radical (unpaired) electrons. The fourth-order valence-electron chi connectivity index (χ4n) is 2.05. The number of fused-ring (bicyclic) bond motifs is 1. The molecule has 0 bridgehead atoms. The maximum absolute atomic E-state index is 12.6. The predicted molar refractivity (Wildman–Crippen MR) is 85.0 cm³/mol. The normalized spacial score (nSPS) is 13.1. The molecule has 0 amide bonds. The van der Waals surface area contributed by atoms with Crippen molar-refractivity contribution in [1.82, 2.24) is 0 Å². The Morgan fingerprint density at radius 1 is 0.952 bits per heavy atom. The van der Waals surface area contributed by atoms with Gasteiger partial charge in [0.05, 0.1) is 10.0 Å². The summed E-state index contributed by atoms with van der Waals surface area (Å²) in [5.41, 5.74) is 0.713. The average Bonchev–Trinajstić information content (AvgIpc) is 2.48. The van der Waals surface area contributed by atoms with Crippen molar-refractivity contribution in [3.8, 4) is 11.5 Å². The van der Waals surface area contributed by atoms with E-state index in [9.17, 15) is 4.79 Å². The highest BCUT2D eigenvalue weighted by Gasteiger charge is 2.21. The van der Waals surface area contributed by atoms with E-state index in [0.717, 1.165) is 4.47 Å². The molecule has 1 aliphatic heterocycles. The van der Waals surface area contributed by atoms with Gasteiger partial charge in [-0.25, -0.2) is 0 Å². The molecule has 0 spiro atoms. The molecule has 0 N–H and O–H groups in total. The molecule has 0 unspecified atom stereocenters. The van der Waals surface area contributed by atoms with Gasteiger partial charge in [-0.1, -0.05) is 39.1 Å². The summed E-state index contributed by atoms with van der Waals surface area (Å²) in [7, 11) is 0. The number of hydrogen-bond donors (Lipinski definition) is 0. The van der Waals surface area contributed by atoms with Gasteiger partial charge in [-0.3, -0.25) is 4.79 Å². The smallest absolute Gasteiger partial charge is 0.196 e. The lowest BCUT2D eigenvalue weighted by molar-refractivity contribution is 0.103. The summed E-state index contributed by atoms with van der Waals surface area (Å²) in [4.78, 5) is 12.6. The number of ketones is 1. The summed E-state index contributed by atoms with van der Waals surface area (Å²) >= 11 is 15.6. The van der Waals surface area contributed by atoms with Gasteiger partial charge >= 0.3 is 0 Å². The second kappa shape index (κ2) is 5.87. The molecule has 0 atom stereocenters. The Morgan fingerprint density at radius 2 is 1.57 bits per heavy atom. The number of hydrogen-bond acceptors (Lipinski definition) is 3. The van der Waals surface area contributed by atoms with E-state index in [4.69, 9.17) is 32.7 Å². The molecule has 0 aromatic heterocycles. The number of benzene rings is 2. The van der Waals surface area contributed by atoms with Crippen molar-refractivity contribution in [2.45, 2.75) is 0 Å². The Labute approximate surface area is 139 Å². The fourth-order valence-corrected chi connectivity index (χ4v) is 2.86. The Kier molecular flexibility index (Phi) is 4.11. The summed E-state index contributed by atoms with van der Waals surface area (Å²) in [5, 5.41) is 0.675. The van der Waals surface area contributed by atoms with Gasteiger partial charge in [0.15, 0.2) is 17.3 Å². The van der Waals surface area contributed by atoms with Crippen molar-refractivity contribution >= 4 is 44.9 Å². The average molecular weight is 388 g/mol. The lowest BCUT2D eigenvalue weighted by atomic mass is 10.0. The second-order valence-electron chi connectivity index (χ2n) is 4.43. The van der Waals surface area contributed by atoms with Crippen molar-refractivity contribution in [2.75, 3.05) is 13.2 Å². The molecular formula is C15H9BrCl2O3. The Balaban J connectivity index is 2.07. The zero-order chi connectivity index (χ0) is 15.0. The van der Waals surface area contributed by atoms with E-state index in [-0.39, 0.29) is 5.78 Å². The molecule has 1 heterocycles. The molecule has 3 nitrogen and oxygen atoms in total. The van der Waals surface area contributed by atoms with Crippen LogP contribution in [0.1, 0.15) is 15.9 Å². The topological polar surface area (TPSA) is 35.5 Å². The third kappa shape index (κ3) is 2.89. The Bertz CT molecular complexity index is 731. The van der Waals surface area contributed by atoms with E-state index in [0.29, 0.717) is 45.9 Å². The molecule has 21 heavy (non-hydrogen) atoms. The minimum atomic E-state index is -0.261. The summed E-state index contributed by atoms with van der Waals surface area (Å²) in [5.74, 6) is 0.798. The van der Waals surface area contributed by atoms with Gasteiger partial charge in [-0.15, -0.1) is 0 Å². The van der Waals surface area contributed by atoms with Gasteiger partial charge in [0.25, 0.3) is 0 Å². The Hall–Kier alpha value is -1.23. The minimum Gasteiger partial charge on any atom is -0.486 e. The van der Waals surface area contributed by atoms with Crippen LogP contribution in [0, 0.1) is 0 Å². The molecule has 3 rings (SSSR count). The number of carbonyl (C=O) groups is 1. The first-order valence-electron chi connectivity index (χ1n) is 6.15. The van der Waals surface area contributed by atoms with Gasteiger partial charge in [0, 0.05) is 21.7 Å². The third-order valence-electron chi connectivity index (χ3n) is 3.05. The van der Waals surface area contributed by atoms with Gasteiger partial charge in [-0.05, 0) is 24.3 Å². The maximum Gasteiger partial charge on any atom is 0.196 e. The van der Waals surface area contributed by atoms with E-state index in [1.165, 1.54) is 0 Å². The first-order chi connectivity index (χ1) is 10.1. The van der Waals surface area contributed by atoms with Gasteiger partial charge in [-0.2, -0.15) is 0 Å². The minimum absolute atomic E-state index is 0.261. The Morgan fingerprint density at radius 3 is 2.29 bits per heavy atom. The van der Waals surface area contributed by atoms with Crippen LogP contribution in [0.2, 0.25) is 10.0 Å². The summed E-state index contributed by atoms with van der Waals surface area (Å²) in [6.07, 6.45) is 0. The van der Waals surface area contributed by atoms with E-state index in [1.807, 2.05) is 0 Å². The van der Waals surface area contributed by atoms with Crippen molar-refractivity contribution in [3.63, 3.8) is 0 Å². The number of ether oxygens (including phenoxy) is 2. The molecule has 0 fully saturated rings. The van der Waals surface area contributed by atoms with E-state index in [2.05, 4.69) is 15.9 Å². The van der Waals surface area contributed by atoms with Gasteiger partial charge in [0.2, 0.25) is 0 Å². The van der Waals surface area contributed by atoms with E-state index in [1.54, 1.807) is 30.3 Å². The third-order valence-corrected chi connectivity index (χ3v) is 4.19. The molecule has 1 aliphatic rings. The highest BCUT2D eigenvalue weighted by atomic mass is 79.9. The molecule has 0 saturated carbocycles. The maximum atomic E-state index is 12.6. The highest BCUT2D eigenvalue weighted by molar-refractivity contribution is 9.10. The SMILES string of the molecule is O=C(c1cc(Br)ccc1Cl)c1cc2c(cc1Cl)OCCO2. The van der Waals surface area contributed by atoms with Crippen molar-refractivity contribution in [1.29, 1.82) is 0 Å². The second-order valence-corrected chi connectivity index (χ2v) is 6.16. The quantitative estimate of drug-likeness (QED) is 0.697. The zero-order valence-corrected chi connectivity index (χ0v) is 13.8. The lowest BCUT2D eigenvalue weighted by Gasteiger charge is -2.19. The molecule has 0 saturated heterocycles. The van der Waals surface area contributed by atoms with Crippen LogP contribution in [0.3, 0.4) is 0 Å². The molecule has 2 aromatic carbocycles. The summed E-state index contributed by atoms with van der Waals surface area (Å²) in [6.45, 7) is 0.911. The monoisotopic (exact) mass is 386 g/mol. The number of rotatable bonds is 2. The molecule has 6 heteroatoms. The molecule has 2 aromatic rings. The number of halogens is 3. The van der Waals surface area contributed by atoms with Crippen LogP contribution < -0.4 is 9.47 Å². The highest BCUT2D eigenvalue weighted by Crippen LogP contribution is 2.37. The lowest BCUT2D eigenvalue weighted by Crippen LogP contribution is -2.16. The molecule has 108 valence electrons. The standard InChI is InChI=1S/C15H9BrCl2O3/c16-8-1-2-11(17)9(5-8)15(19)10-6-13-14(7-12(10)18)21-4-3-20-13/h1-2,5-7H,3-4H2. The van der Waals surface area contributed by atoms with Crippen LogP contribution in [-0.2, 0) is 0 Å². The van der Waals surface area contributed by atoms with Crippen molar-refractivity contribution < 1.29 is 14.3 Å². The van der Waals surface area contributed by atoms with Gasteiger partial charge in [0.1, 0.15) is 13.2 Å². The molecular weight excluding hydrogens is 379 g/mol. The van der Waals surface area contributed by atoms with Crippen LogP contribution in [0.15, 0.2) is 34.8 Å². The van der Waals surface area contributed by atoms with Crippen LogP contribution >= 0.6 is 39.1 Å². The summed E-state index contributed by atoms with van der Waals surface area (Å²) < 4.78 is 11.7. The number of carbonyl (C=O) groups excluding carboxylic acids is 1. The van der Waals surface area contributed by atoms with E-state index >= 15 is 0 Å². The van der Waals surface area contributed by atoms with Crippen LogP contribution in [-0.4, -0.2) is 19.0 Å². The van der Waals surface area contributed by atoms with Gasteiger partial charge < -0.3 is 9.47 Å². The van der Waals surface area contributed by atoms with Crippen molar-refractivity contribution in [3.05, 3.63) is 56.0 Å². The first kappa shape index (κ1) is 14.7. The van der Waals surface area contributed by atoms with Crippen LogP contribution in [0.5, 0.6) is 11.5 Å². The largest absolute Gasteiger partial charge is 0.486 e. The molecule has 0 aliphatic carbocycles. The van der Waals surface area contributed by atoms with E-state index < -0.39 is 0 Å². The summed E-state index contributed by atoms with van der Waals surface area (Å²) in [6, 6.07) is 8.28. The van der Waals surface area contributed by atoms with Crippen LogP contribution in [0.4, 0.5) is 0 Å². The predicted octanol–water partition coefficient (Wildman–Crippen LogP) is 4.76. The fraction of sp³-hybridized carbons (Fsp3) is 0.133.